The van der Waals surface area contributed by atoms with E-state index in [2.05, 4.69) is 0 Å². The van der Waals surface area contributed by atoms with E-state index in [1.807, 2.05) is 0 Å². The maximum atomic E-state index is 13.1. The normalized spacial score (nSPS) is 28.0. The van der Waals surface area contributed by atoms with Crippen LogP contribution in [-0.2, 0) is 11.0 Å². The summed E-state index contributed by atoms with van der Waals surface area (Å²) in [6.07, 6.45) is -2.25. The third-order valence-electron chi connectivity index (χ3n) is 5.54. The van der Waals surface area contributed by atoms with E-state index >= 15 is 0 Å². The maximum absolute atomic E-state index is 13.1. The van der Waals surface area contributed by atoms with Crippen molar-refractivity contribution < 1.29 is 18.0 Å². The van der Waals surface area contributed by atoms with Crippen molar-refractivity contribution in [3.05, 3.63) is 35.4 Å². The molecule has 132 valence electrons. The number of benzene rings is 1. The van der Waals surface area contributed by atoms with Gasteiger partial charge in [0, 0.05) is 25.6 Å². The molecule has 6 heteroatoms. The second-order valence-electron chi connectivity index (χ2n) is 7.15. The van der Waals surface area contributed by atoms with Crippen molar-refractivity contribution >= 4 is 5.91 Å². The Morgan fingerprint density at radius 2 is 2.00 bits per heavy atom. The molecule has 0 bridgehead atoms. The molecule has 1 aromatic rings. The number of carbonyl (C=O) groups is 1. The van der Waals surface area contributed by atoms with Gasteiger partial charge in [-0.3, -0.25) is 4.79 Å². The number of nitrogens with zero attached hydrogens (tertiary/aromatic N) is 1. The molecular formula is C18H23F3N2O. The van der Waals surface area contributed by atoms with Gasteiger partial charge in [-0.2, -0.15) is 13.2 Å². The topological polar surface area (TPSA) is 46.3 Å². The van der Waals surface area contributed by atoms with Gasteiger partial charge >= 0.3 is 6.18 Å². The van der Waals surface area contributed by atoms with E-state index in [9.17, 15) is 18.0 Å². The van der Waals surface area contributed by atoms with E-state index in [-0.39, 0.29) is 23.9 Å². The quantitative estimate of drug-likeness (QED) is 0.917. The van der Waals surface area contributed by atoms with Gasteiger partial charge < -0.3 is 10.6 Å². The summed E-state index contributed by atoms with van der Waals surface area (Å²) in [5.41, 5.74) is 5.62. The molecule has 1 aliphatic heterocycles. The third-order valence-corrected chi connectivity index (χ3v) is 5.54. The van der Waals surface area contributed by atoms with E-state index in [4.69, 9.17) is 5.73 Å². The van der Waals surface area contributed by atoms with Crippen molar-refractivity contribution in [2.75, 3.05) is 13.1 Å². The highest BCUT2D eigenvalue weighted by atomic mass is 19.4. The zero-order valence-electron chi connectivity index (χ0n) is 13.7. The monoisotopic (exact) mass is 340 g/mol. The summed E-state index contributed by atoms with van der Waals surface area (Å²) in [5.74, 6) is 0.277. The fourth-order valence-electron chi connectivity index (χ4n) is 4.20. The highest BCUT2D eigenvalue weighted by Gasteiger charge is 2.42. The SMILES string of the molecule is CC(CC(=O)N1CC2CCC(N)C2C1)c1ccccc1C(F)(F)F. The molecule has 1 heterocycles. The Kier molecular flexibility index (Phi) is 4.60. The maximum Gasteiger partial charge on any atom is 0.416 e. The molecule has 1 aliphatic carbocycles. The Morgan fingerprint density at radius 3 is 2.67 bits per heavy atom. The lowest BCUT2D eigenvalue weighted by Gasteiger charge is -2.22. The first kappa shape index (κ1) is 17.3. The molecule has 3 rings (SSSR count). The molecule has 4 unspecified atom stereocenters. The number of alkyl halides is 3. The number of carbonyl (C=O) groups excluding carboxylic acids is 1. The van der Waals surface area contributed by atoms with Crippen LogP contribution in [0.15, 0.2) is 24.3 Å². The van der Waals surface area contributed by atoms with Crippen molar-refractivity contribution in [1.82, 2.24) is 4.90 Å². The van der Waals surface area contributed by atoms with Crippen molar-refractivity contribution in [2.24, 2.45) is 17.6 Å². The van der Waals surface area contributed by atoms with Crippen molar-refractivity contribution in [1.29, 1.82) is 0 Å². The smallest absolute Gasteiger partial charge is 0.342 e. The largest absolute Gasteiger partial charge is 0.416 e. The molecule has 1 aromatic carbocycles. The standard InChI is InChI=1S/C18H23F3N2O/c1-11(13-4-2-3-5-15(13)18(19,20)21)8-17(24)23-9-12-6-7-16(22)14(12)10-23/h2-5,11-12,14,16H,6-10,22H2,1H3. The molecule has 0 radical (unpaired) electrons. The van der Waals surface area contributed by atoms with Crippen LogP contribution in [-0.4, -0.2) is 29.9 Å². The molecule has 4 atom stereocenters. The van der Waals surface area contributed by atoms with Gasteiger partial charge in [-0.15, -0.1) is 0 Å². The zero-order valence-corrected chi connectivity index (χ0v) is 13.7. The van der Waals surface area contributed by atoms with Crippen LogP contribution in [0.4, 0.5) is 13.2 Å². The lowest BCUT2D eigenvalue weighted by molar-refractivity contribution is -0.139. The first-order chi connectivity index (χ1) is 11.3. The van der Waals surface area contributed by atoms with Gasteiger partial charge in [0.2, 0.25) is 5.91 Å². The van der Waals surface area contributed by atoms with Crippen LogP contribution >= 0.6 is 0 Å². The third kappa shape index (κ3) is 3.29. The van der Waals surface area contributed by atoms with Crippen LogP contribution in [0, 0.1) is 11.8 Å². The fourth-order valence-corrected chi connectivity index (χ4v) is 4.20. The first-order valence-corrected chi connectivity index (χ1v) is 8.47. The summed E-state index contributed by atoms with van der Waals surface area (Å²) in [4.78, 5) is 14.3. The molecule has 3 nitrogen and oxygen atoms in total. The molecule has 0 aromatic heterocycles. The fraction of sp³-hybridized carbons (Fsp3) is 0.611. The average Bonchev–Trinajstić information content (AvgIpc) is 3.09. The summed E-state index contributed by atoms with van der Waals surface area (Å²) in [6, 6.07) is 5.66. The van der Waals surface area contributed by atoms with E-state index in [0.717, 1.165) is 18.9 Å². The van der Waals surface area contributed by atoms with E-state index < -0.39 is 17.7 Å². The summed E-state index contributed by atoms with van der Waals surface area (Å²) in [5, 5.41) is 0. The molecule has 2 fully saturated rings. The van der Waals surface area contributed by atoms with Gasteiger partial charge in [0.1, 0.15) is 0 Å². The number of likely N-dealkylation sites (tertiary alicyclic amines) is 1. The second-order valence-corrected chi connectivity index (χ2v) is 7.15. The Balaban J connectivity index is 1.68. The molecule has 0 spiro atoms. The Labute approximate surface area is 140 Å². The van der Waals surface area contributed by atoms with E-state index in [1.165, 1.54) is 12.1 Å². The van der Waals surface area contributed by atoms with Gasteiger partial charge in [-0.25, -0.2) is 0 Å². The number of amides is 1. The van der Waals surface area contributed by atoms with Crippen LogP contribution in [0.3, 0.4) is 0 Å². The van der Waals surface area contributed by atoms with Gasteiger partial charge in [0.05, 0.1) is 5.56 Å². The Bertz CT molecular complexity index is 617. The summed E-state index contributed by atoms with van der Waals surface area (Å²) < 4.78 is 39.4. The van der Waals surface area contributed by atoms with Crippen molar-refractivity contribution in [3.63, 3.8) is 0 Å². The zero-order chi connectivity index (χ0) is 17.5. The summed E-state index contributed by atoms with van der Waals surface area (Å²) in [7, 11) is 0. The molecule has 2 aliphatic rings. The van der Waals surface area contributed by atoms with Gasteiger partial charge in [-0.05, 0) is 42.2 Å². The van der Waals surface area contributed by atoms with Gasteiger partial charge in [0.15, 0.2) is 0 Å². The Hall–Kier alpha value is -1.56. The minimum Gasteiger partial charge on any atom is -0.342 e. The molecule has 1 saturated carbocycles. The summed E-state index contributed by atoms with van der Waals surface area (Å²) >= 11 is 0. The van der Waals surface area contributed by atoms with Gasteiger partial charge in [0.25, 0.3) is 0 Å². The average molecular weight is 340 g/mol. The summed E-state index contributed by atoms with van der Waals surface area (Å²) in [6.45, 7) is 3.04. The van der Waals surface area contributed by atoms with E-state index in [1.54, 1.807) is 17.9 Å². The van der Waals surface area contributed by atoms with E-state index in [0.29, 0.717) is 24.9 Å². The van der Waals surface area contributed by atoms with Crippen LogP contribution < -0.4 is 5.73 Å². The van der Waals surface area contributed by atoms with Crippen LogP contribution in [0.5, 0.6) is 0 Å². The number of rotatable bonds is 3. The predicted molar refractivity (Wildman–Crippen MR) is 85.2 cm³/mol. The number of hydrogen-bond donors (Lipinski definition) is 1. The van der Waals surface area contributed by atoms with Crippen molar-refractivity contribution in [2.45, 2.75) is 44.3 Å². The second kappa shape index (κ2) is 6.39. The molecule has 2 N–H and O–H groups in total. The number of nitrogens with two attached hydrogens (primary N) is 1. The Morgan fingerprint density at radius 1 is 1.29 bits per heavy atom. The first-order valence-electron chi connectivity index (χ1n) is 8.47. The molecular weight excluding hydrogens is 317 g/mol. The van der Waals surface area contributed by atoms with Crippen LogP contribution in [0.1, 0.15) is 43.2 Å². The van der Waals surface area contributed by atoms with Crippen molar-refractivity contribution in [3.8, 4) is 0 Å². The number of fused-ring (bicyclic) bond motifs is 1. The number of halogens is 3. The lowest BCUT2D eigenvalue weighted by atomic mass is 9.92. The molecule has 1 saturated heterocycles. The minimum absolute atomic E-state index is 0.0684. The highest BCUT2D eigenvalue weighted by Crippen LogP contribution is 2.39. The minimum atomic E-state index is -4.40. The predicted octanol–water partition coefficient (Wildman–Crippen LogP) is 3.39. The molecule has 24 heavy (non-hydrogen) atoms. The van der Waals surface area contributed by atoms with Crippen LogP contribution in [0.25, 0.3) is 0 Å². The highest BCUT2D eigenvalue weighted by molar-refractivity contribution is 5.77. The van der Waals surface area contributed by atoms with Gasteiger partial charge in [-0.1, -0.05) is 25.1 Å². The number of hydrogen-bond acceptors (Lipinski definition) is 2. The van der Waals surface area contributed by atoms with Crippen LogP contribution in [0.2, 0.25) is 0 Å². The lowest BCUT2D eigenvalue weighted by Crippen LogP contribution is -2.34. The molecule has 1 amide bonds.